The van der Waals surface area contributed by atoms with Gasteiger partial charge in [0.05, 0.1) is 5.69 Å². The molecule has 0 aliphatic heterocycles. The number of unbranched alkanes of at least 4 members (excludes halogenated alkanes) is 2. The third kappa shape index (κ3) is 5.97. The average Bonchev–Trinajstić information content (AvgIpc) is 2.78. The van der Waals surface area contributed by atoms with Crippen molar-refractivity contribution < 1.29 is 4.74 Å². The van der Waals surface area contributed by atoms with Crippen LogP contribution in [0.4, 0.5) is 0 Å². The van der Waals surface area contributed by atoms with Crippen LogP contribution in [0, 0.1) is 0 Å². The first-order valence-electron chi connectivity index (χ1n) is 11.8. The maximum absolute atomic E-state index is 6.30. The highest BCUT2D eigenvalue weighted by Crippen LogP contribution is 2.37. The molecule has 0 aliphatic carbocycles. The van der Waals surface area contributed by atoms with E-state index in [1.54, 1.807) is 0 Å². The Kier molecular flexibility index (Phi) is 8.28. The van der Waals surface area contributed by atoms with Gasteiger partial charge in [0.1, 0.15) is 12.4 Å². The van der Waals surface area contributed by atoms with E-state index < -0.39 is 0 Å². The second kappa shape index (κ2) is 11.1. The molecule has 164 valence electrons. The van der Waals surface area contributed by atoms with Crippen LogP contribution in [-0.4, -0.2) is 4.98 Å². The number of aryl methyl sites for hydroxylation is 1. The molecule has 0 atom stereocenters. The van der Waals surface area contributed by atoms with Crippen LogP contribution < -0.4 is 4.74 Å². The highest BCUT2D eigenvalue weighted by atomic mass is 16.5. The van der Waals surface area contributed by atoms with E-state index in [9.17, 15) is 0 Å². The van der Waals surface area contributed by atoms with Crippen molar-refractivity contribution >= 4 is 0 Å². The van der Waals surface area contributed by atoms with Crippen molar-refractivity contribution in [1.29, 1.82) is 0 Å². The molecule has 0 unspecified atom stereocenters. The molecule has 0 radical (unpaired) electrons. The standard InChI is InChI=1S/C29H37NO/c1-6-7-9-16-24-19-26(29(22(4)5)30-28(24)21(2)3)25-17-12-13-18-27(25)31-20-23-14-10-8-11-15-23/h8,10-15,17-19,21-22H,6-7,9,16,20H2,1-5H3. The van der Waals surface area contributed by atoms with Crippen LogP contribution in [0.5, 0.6) is 5.75 Å². The minimum Gasteiger partial charge on any atom is -0.488 e. The zero-order chi connectivity index (χ0) is 22.2. The van der Waals surface area contributed by atoms with Gasteiger partial charge in [-0.1, -0.05) is 96.0 Å². The second-order valence-corrected chi connectivity index (χ2v) is 9.00. The number of aromatic nitrogens is 1. The van der Waals surface area contributed by atoms with Crippen molar-refractivity contribution in [3.05, 3.63) is 83.2 Å². The summed E-state index contributed by atoms with van der Waals surface area (Å²) in [4.78, 5) is 5.23. The molecule has 0 saturated carbocycles. The van der Waals surface area contributed by atoms with E-state index in [0.717, 1.165) is 17.7 Å². The zero-order valence-corrected chi connectivity index (χ0v) is 19.8. The Morgan fingerprint density at radius 2 is 1.45 bits per heavy atom. The number of pyridine rings is 1. The van der Waals surface area contributed by atoms with Crippen LogP contribution in [0.3, 0.4) is 0 Å². The van der Waals surface area contributed by atoms with Gasteiger partial charge in [-0.05, 0) is 47.9 Å². The summed E-state index contributed by atoms with van der Waals surface area (Å²) in [5.41, 5.74) is 7.34. The topological polar surface area (TPSA) is 22.1 Å². The van der Waals surface area contributed by atoms with Crippen molar-refractivity contribution in [2.75, 3.05) is 0 Å². The van der Waals surface area contributed by atoms with E-state index in [-0.39, 0.29) is 0 Å². The Hall–Kier alpha value is -2.61. The fraction of sp³-hybridized carbons (Fsp3) is 0.414. The molecule has 2 aromatic carbocycles. The summed E-state index contributed by atoms with van der Waals surface area (Å²) in [7, 11) is 0. The van der Waals surface area contributed by atoms with Gasteiger partial charge >= 0.3 is 0 Å². The summed E-state index contributed by atoms with van der Waals surface area (Å²) in [6.07, 6.45) is 4.80. The molecule has 1 heterocycles. The Morgan fingerprint density at radius 3 is 2.13 bits per heavy atom. The van der Waals surface area contributed by atoms with Crippen LogP contribution in [0.2, 0.25) is 0 Å². The molecule has 0 saturated heterocycles. The predicted octanol–water partition coefficient (Wildman–Crippen LogP) is 8.31. The molecule has 0 amide bonds. The molecule has 2 heteroatoms. The van der Waals surface area contributed by atoms with Gasteiger partial charge in [-0.2, -0.15) is 0 Å². The lowest BCUT2D eigenvalue weighted by Gasteiger charge is -2.21. The Bertz CT molecular complexity index is 960. The number of ether oxygens (including phenoxy) is 1. The third-order valence-electron chi connectivity index (χ3n) is 5.72. The van der Waals surface area contributed by atoms with Crippen molar-refractivity contribution in [2.24, 2.45) is 0 Å². The molecular formula is C29H37NO. The number of hydrogen-bond acceptors (Lipinski definition) is 2. The lowest BCUT2D eigenvalue weighted by Crippen LogP contribution is -2.08. The van der Waals surface area contributed by atoms with Crippen molar-refractivity contribution in [3.63, 3.8) is 0 Å². The summed E-state index contributed by atoms with van der Waals surface area (Å²) in [5, 5.41) is 0. The van der Waals surface area contributed by atoms with E-state index in [1.807, 2.05) is 6.07 Å². The smallest absolute Gasteiger partial charge is 0.127 e. The van der Waals surface area contributed by atoms with Gasteiger partial charge in [0, 0.05) is 16.8 Å². The van der Waals surface area contributed by atoms with Gasteiger partial charge in [0.15, 0.2) is 0 Å². The molecule has 0 bridgehead atoms. The van der Waals surface area contributed by atoms with Crippen molar-refractivity contribution in [2.45, 2.75) is 78.7 Å². The first kappa shape index (κ1) is 23.1. The van der Waals surface area contributed by atoms with E-state index >= 15 is 0 Å². The molecule has 1 aromatic heterocycles. The molecule has 2 nitrogen and oxygen atoms in total. The van der Waals surface area contributed by atoms with Crippen LogP contribution in [0.15, 0.2) is 60.7 Å². The molecule has 3 rings (SSSR count). The number of benzene rings is 2. The van der Waals surface area contributed by atoms with Gasteiger partial charge in [-0.3, -0.25) is 4.98 Å². The molecule has 0 fully saturated rings. The highest BCUT2D eigenvalue weighted by molar-refractivity contribution is 5.73. The van der Waals surface area contributed by atoms with E-state index in [4.69, 9.17) is 9.72 Å². The quantitative estimate of drug-likeness (QED) is 0.311. The second-order valence-electron chi connectivity index (χ2n) is 9.00. The monoisotopic (exact) mass is 415 g/mol. The summed E-state index contributed by atoms with van der Waals surface area (Å²) in [5.74, 6) is 1.69. The van der Waals surface area contributed by atoms with Gasteiger partial charge < -0.3 is 4.74 Å². The van der Waals surface area contributed by atoms with Crippen LogP contribution in [0.1, 0.15) is 88.2 Å². The van der Waals surface area contributed by atoms with Crippen LogP contribution >= 0.6 is 0 Å². The number of hydrogen-bond donors (Lipinski definition) is 0. The fourth-order valence-corrected chi connectivity index (χ4v) is 4.06. The Balaban J connectivity index is 2.03. The van der Waals surface area contributed by atoms with E-state index in [1.165, 1.54) is 47.3 Å². The van der Waals surface area contributed by atoms with Gasteiger partial charge in [0.2, 0.25) is 0 Å². The van der Waals surface area contributed by atoms with Gasteiger partial charge in [0.25, 0.3) is 0 Å². The molecular weight excluding hydrogens is 378 g/mol. The average molecular weight is 416 g/mol. The van der Waals surface area contributed by atoms with Crippen LogP contribution in [-0.2, 0) is 13.0 Å². The van der Waals surface area contributed by atoms with Crippen LogP contribution in [0.25, 0.3) is 11.1 Å². The molecule has 0 N–H and O–H groups in total. The van der Waals surface area contributed by atoms with Gasteiger partial charge in [-0.15, -0.1) is 0 Å². The van der Waals surface area contributed by atoms with Crippen molar-refractivity contribution in [3.8, 4) is 16.9 Å². The maximum Gasteiger partial charge on any atom is 0.127 e. The largest absolute Gasteiger partial charge is 0.488 e. The summed E-state index contributed by atoms with van der Waals surface area (Å²) >= 11 is 0. The number of nitrogens with zero attached hydrogens (tertiary/aromatic N) is 1. The molecule has 0 aliphatic rings. The minimum absolute atomic E-state index is 0.347. The lowest BCUT2D eigenvalue weighted by atomic mass is 9.90. The first-order valence-corrected chi connectivity index (χ1v) is 11.8. The number of rotatable bonds is 10. The predicted molar refractivity (Wildman–Crippen MR) is 132 cm³/mol. The van der Waals surface area contributed by atoms with E-state index in [2.05, 4.69) is 89.2 Å². The third-order valence-corrected chi connectivity index (χ3v) is 5.72. The summed E-state index contributed by atoms with van der Waals surface area (Å²) < 4.78 is 6.30. The Morgan fingerprint density at radius 1 is 0.774 bits per heavy atom. The normalized spacial score (nSPS) is 11.3. The Labute approximate surface area is 188 Å². The van der Waals surface area contributed by atoms with E-state index in [0.29, 0.717) is 18.4 Å². The highest BCUT2D eigenvalue weighted by Gasteiger charge is 2.19. The minimum atomic E-state index is 0.347. The first-order chi connectivity index (χ1) is 15.0. The van der Waals surface area contributed by atoms with Crippen molar-refractivity contribution in [1.82, 2.24) is 4.98 Å². The number of para-hydroxylation sites is 1. The van der Waals surface area contributed by atoms with Gasteiger partial charge in [-0.25, -0.2) is 0 Å². The summed E-state index contributed by atoms with van der Waals surface area (Å²) in [6.45, 7) is 11.8. The summed E-state index contributed by atoms with van der Waals surface area (Å²) in [6, 6.07) is 21.2. The maximum atomic E-state index is 6.30. The molecule has 31 heavy (non-hydrogen) atoms. The fourth-order valence-electron chi connectivity index (χ4n) is 4.06. The molecule has 0 spiro atoms. The lowest BCUT2D eigenvalue weighted by molar-refractivity contribution is 0.307. The SMILES string of the molecule is CCCCCc1cc(-c2ccccc2OCc2ccccc2)c(C(C)C)nc1C(C)C. The molecule has 3 aromatic rings. The zero-order valence-electron chi connectivity index (χ0n) is 19.8.